The highest BCUT2D eigenvalue weighted by atomic mass is 16.5. The summed E-state index contributed by atoms with van der Waals surface area (Å²) in [4.78, 5) is 0. The van der Waals surface area contributed by atoms with E-state index in [0.29, 0.717) is 6.10 Å². The zero-order valence-electron chi connectivity index (χ0n) is 12.6. The quantitative estimate of drug-likeness (QED) is 0.839. The van der Waals surface area contributed by atoms with Crippen LogP contribution >= 0.6 is 0 Å². The average Bonchev–Trinajstić information content (AvgIpc) is 2.99. The molecule has 0 bridgehead atoms. The first kappa shape index (κ1) is 14.0. The highest BCUT2D eigenvalue weighted by Gasteiger charge is 2.16. The first-order valence-corrected chi connectivity index (χ1v) is 7.86. The van der Waals surface area contributed by atoms with Gasteiger partial charge in [0.15, 0.2) is 0 Å². The van der Waals surface area contributed by atoms with Crippen LogP contribution in [0.4, 0.5) is 5.69 Å². The van der Waals surface area contributed by atoms with E-state index in [9.17, 15) is 0 Å². The number of ether oxygens (including phenoxy) is 1. The summed E-state index contributed by atoms with van der Waals surface area (Å²) in [5.41, 5.74) is 3.70. The monoisotopic (exact) mass is 281 g/mol. The van der Waals surface area contributed by atoms with Crippen molar-refractivity contribution in [2.75, 3.05) is 5.32 Å². The van der Waals surface area contributed by atoms with Gasteiger partial charge in [0.1, 0.15) is 5.75 Å². The molecular formula is C19H23NO. The van der Waals surface area contributed by atoms with Crippen molar-refractivity contribution in [3.63, 3.8) is 0 Å². The van der Waals surface area contributed by atoms with Gasteiger partial charge in [-0.2, -0.15) is 0 Å². The molecule has 0 aromatic heterocycles. The molecule has 1 saturated carbocycles. The molecule has 0 radical (unpaired) electrons. The van der Waals surface area contributed by atoms with E-state index in [4.69, 9.17) is 4.74 Å². The van der Waals surface area contributed by atoms with Crippen molar-refractivity contribution >= 4 is 5.69 Å². The molecule has 3 rings (SSSR count). The van der Waals surface area contributed by atoms with E-state index < -0.39 is 0 Å². The summed E-state index contributed by atoms with van der Waals surface area (Å²) in [6.07, 6.45) is 5.43. The number of rotatable bonds is 5. The second kappa shape index (κ2) is 6.66. The molecule has 0 aliphatic heterocycles. The zero-order chi connectivity index (χ0) is 14.5. The highest BCUT2D eigenvalue weighted by Crippen LogP contribution is 2.24. The molecule has 21 heavy (non-hydrogen) atoms. The molecule has 2 heteroatoms. The fourth-order valence-corrected chi connectivity index (χ4v) is 2.89. The third-order valence-electron chi connectivity index (χ3n) is 4.02. The topological polar surface area (TPSA) is 21.3 Å². The Morgan fingerprint density at radius 3 is 2.67 bits per heavy atom. The molecule has 2 aromatic rings. The summed E-state index contributed by atoms with van der Waals surface area (Å²) in [6.45, 7) is 2.94. The van der Waals surface area contributed by atoms with Gasteiger partial charge in [0, 0.05) is 12.2 Å². The van der Waals surface area contributed by atoms with E-state index in [2.05, 4.69) is 60.8 Å². The molecule has 110 valence electrons. The van der Waals surface area contributed by atoms with Crippen LogP contribution in [-0.4, -0.2) is 6.10 Å². The van der Waals surface area contributed by atoms with Crippen LogP contribution in [0.25, 0.3) is 0 Å². The van der Waals surface area contributed by atoms with Gasteiger partial charge >= 0.3 is 0 Å². The van der Waals surface area contributed by atoms with E-state index in [1.807, 2.05) is 0 Å². The van der Waals surface area contributed by atoms with Crippen molar-refractivity contribution in [2.45, 2.75) is 45.3 Å². The minimum absolute atomic E-state index is 0.421. The van der Waals surface area contributed by atoms with Crippen LogP contribution < -0.4 is 10.1 Å². The maximum Gasteiger partial charge on any atom is 0.120 e. The maximum absolute atomic E-state index is 6.06. The molecule has 2 aromatic carbocycles. The van der Waals surface area contributed by atoms with Crippen molar-refractivity contribution in [3.8, 4) is 5.75 Å². The number of anilines is 1. The molecule has 1 fully saturated rings. The molecule has 0 unspecified atom stereocenters. The van der Waals surface area contributed by atoms with Crippen LogP contribution in [0.2, 0.25) is 0 Å². The standard InChI is InChI=1S/C19H23NO/c1-15-6-4-8-17(12-15)20-14-16-7-5-11-19(13-16)21-18-9-2-3-10-18/h4-8,11-13,18,20H,2-3,9-10,14H2,1H3. The lowest BCUT2D eigenvalue weighted by molar-refractivity contribution is 0.210. The second-order valence-electron chi connectivity index (χ2n) is 5.89. The molecule has 0 heterocycles. The van der Waals surface area contributed by atoms with Gasteiger partial charge in [-0.3, -0.25) is 0 Å². The number of benzene rings is 2. The third kappa shape index (κ3) is 4.01. The summed E-state index contributed by atoms with van der Waals surface area (Å²) in [7, 11) is 0. The number of hydrogen-bond donors (Lipinski definition) is 1. The van der Waals surface area contributed by atoms with Crippen molar-refractivity contribution < 1.29 is 4.74 Å². The Kier molecular flexibility index (Phi) is 4.44. The van der Waals surface area contributed by atoms with Crippen LogP contribution in [-0.2, 0) is 6.54 Å². The summed E-state index contributed by atoms with van der Waals surface area (Å²) in [5, 5.41) is 3.47. The highest BCUT2D eigenvalue weighted by molar-refractivity contribution is 5.46. The Morgan fingerprint density at radius 1 is 1.05 bits per heavy atom. The predicted molar refractivity (Wildman–Crippen MR) is 87.8 cm³/mol. The lowest BCUT2D eigenvalue weighted by atomic mass is 10.2. The molecular weight excluding hydrogens is 258 g/mol. The zero-order valence-corrected chi connectivity index (χ0v) is 12.6. The number of aryl methyl sites for hydroxylation is 1. The molecule has 0 atom stereocenters. The van der Waals surface area contributed by atoms with E-state index in [0.717, 1.165) is 18.0 Å². The molecule has 1 aliphatic carbocycles. The Morgan fingerprint density at radius 2 is 1.86 bits per heavy atom. The van der Waals surface area contributed by atoms with Gasteiger partial charge in [-0.1, -0.05) is 24.3 Å². The van der Waals surface area contributed by atoms with Gasteiger partial charge in [0.25, 0.3) is 0 Å². The van der Waals surface area contributed by atoms with E-state index in [1.54, 1.807) is 0 Å². The van der Waals surface area contributed by atoms with Crippen molar-refractivity contribution in [1.82, 2.24) is 0 Å². The van der Waals surface area contributed by atoms with Crippen LogP contribution in [0.3, 0.4) is 0 Å². The Balaban J connectivity index is 1.60. The Bertz CT molecular complexity index is 588. The smallest absolute Gasteiger partial charge is 0.120 e. The van der Waals surface area contributed by atoms with Crippen molar-refractivity contribution in [2.24, 2.45) is 0 Å². The third-order valence-corrected chi connectivity index (χ3v) is 4.02. The van der Waals surface area contributed by atoms with Crippen molar-refractivity contribution in [3.05, 3.63) is 59.7 Å². The molecule has 0 saturated heterocycles. The van der Waals surface area contributed by atoms with Gasteiger partial charge in [0.05, 0.1) is 6.10 Å². The molecule has 2 nitrogen and oxygen atoms in total. The summed E-state index contributed by atoms with van der Waals surface area (Å²) in [6, 6.07) is 16.9. The predicted octanol–water partition coefficient (Wildman–Crippen LogP) is 4.93. The van der Waals surface area contributed by atoms with Crippen LogP contribution in [0, 0.1) is 6.92 Å². The fourth-order valence-electron chi connectivity index (χ4n) is 2.89. The maximum atomic E-state index is 6.06. The van der Waals surface area contributed by atoms with Crippen LogP contribution in [0.5, 0.6) is 5.75 Å². The van der Waals surface area contributed by atoms with Gasteiger partial charge in [-0.15, -0.1) is 0 Å². The van der Waals surface area contributed by atoms with E-state index in [-0.39, 0.29) is 0 Å². The molecule has 0 spiro atoms. The van der Waals surface area contributed by atoms with Gasteiger partial charge in [-0.25, -0.2) is 0 Å². The summed E-state index contributed by atoms with van der Waals surface area (Å²) in [5.74, 6) is 1.01. The lowest BCUT2D eigenvalue weighted by Crippen LogP contribution is -2.11. The van der Waals surface area contributed by atoms with Crippen LogP contribution in [0.15, 0.2) is 48.5 Å². The first-order chi connectivity index (χ1) is 10.3. The van der Waals surface area contributed by atoms with Gasteiger partial charge in [0.2, 0.25) is 0 Å². The van der Waals surface area contributed by atoms with Crippen LogP contribution in [0.1, 0.15) is 36.8 Å². The number of nitrogens with one attached hydrogen (secondary N) is 1. The summed E-state index contributed by atoms with van der Waals surface area (Å²) < 4.78 is 6.06. The minimum Gasteiger partial charge on any atom is -0.490 e. The van der Waals surface area contributed by atoms with Gasteiger partial charge < -0.3 is 10.1 Å². The molecule has 0 amide bonds. The molecule has 1 aliphatic rings. The number of hydrogen-bond acceptors (Lipinski definition) is 2. The van der Waals surface area contributed by atoms with Gasteiger partial charge in [-0.05, 0) is 68.0 Å². The Labute approximate surface area is 127 Å². The minimum atomic E-state index is 0.421. The Hall–Kier alpha value is -1.96. The second-order valence-corrected chi connectivity index (χ2v) is 5.89. The SMILES string of the molecule is Cc1cccc(NCc2cccc(OC3CCCC3)c2)c1. The lowest BCUT2D eigenvalue weighted by Gasteiger charge is -2.14. The molecule has 1 N–H and O–H groups in total. The normalized spacial score (nSPS) is 15.1. The summed E-state index contributed by atoms with van der Waals surface area (Å²) >= 11 is 0. The average molecular weight is 281 g/mol. The van der Waals surface area contributed by atoms with Crippen molar-refractivity contribution in [1.29, 1.82) is 0 Å². The van der Waals surface area contributed by atoms with E-state index >= 15 is 0 Å². The first-order valence-electron chi connectivity index (χ1n) is 7.86. The van der Waals surface area contributed by atoms with E-state index in [1.165, 1.54) is 36.8 Å². The largest absolute Gasteiger partial charge is 0.490 e. The fraction of sp³-hybridized carbons (Fsp3) is 0.368.